The van der Waals surface area contributed by atoms with E-state index in [-0.39, 0.29) is 5.97 Å². The van der Waals surface area contributed by atoms with Crippen molar-refractivity contribution in [1.29, 1.82) is 0 Å². The number of guanidine groups is 1. The van der Waals surface area contributed by atoms with Crippen LogP contribution in [0.1, 0.15) is 43.2 Å². The molecule has 2 N–H and O–H groups in total. The standard InChI is InChI=1S/C18H29N3O2/c1-14-8-7-9-16(12-14)15(2)13-21-18(19-3)20-11-6-5-10-17(22)23-4/h7-9,12,15H,5-6,10-11,13H2,1-4H3,(H2,19,20,21). The van der Waals surface area contributed by atoms with Crippen LogP contribution in [0, 0.1) is 6.92 Å². The van der Waals surface area contributed by atoms with E-state index >= 15 is 0 Å². The summed E-state index contributed by atoms with van der Waals surface area (Å²) in [6.07, 6.45) is 2.19. The molecule has 0 saturated heterocycles. The molecule has 0 heterocycles. The van der Waals surface area contributed by atoms with E-state index in [1.165, 1.54) is 18.2 Å². The summed E-state index contributed by atoms with van der Waals surface area (Å²) >= 11 is 0. The summed E-state index contributed by atoms with van der Waals surface area (Å²) in [7, 11) is 3.18. The van der Waals surface area contributed by atoms with Gasteiger partial charge in [-0.25, -0.2) is 0 Å². The fourth-order valence-electron chi connectivity index (χ4n) is 2.27. The second kappa shape index (κ2) is 10.6. The van der Waals surface area contributed by atoms with Crippen LogP contribution < -0.4 is 10.6 Å². The monoisotopic (exact) mass is 319 g/mol. The van der Waals surface area contributed by atoms with Crippen LogP contribution in [-0.4, -0.2) is 39.2 Å². The van der Waals surface area contributed by atoms with E-state index in [2.05, 4.69) is 58.5 Å². The number of nitrogens with one attached hydrogen (secondary N) is 2. The summed E-state index contributed by atoms with van der Waals surface area (Å²) in [5, 5.41) is 6.61. The third kappa shape index (κ3) is 7.68. The molecule has 1 atom stereocenters. The van der Waals surface area contributed by atoms with Crippen LogP contribution in [0.2, 0.25) is 0 Å². The van der Waals surface area contributed by atoms with Gasteiger partial charge in [-0.3, -0.25) is 9.79 Å². The summed E-state index contributed by atoms with van der Waals surface area (Å²) in [5.74, 6) is 1.05. The van der Waals surface area contributed by atoms with E-state index in [4.69, 9.17) is 0 Å². The first-order valence-electron chi connectivity index (χ1n) is 8.14. The number of carbonyl (C=O) groups excluding carboxylic acids is 1. The third-order valence-corrected chi connectivity index (χ3v) is 3.74. The minimum absolute atomic E-state index is 0.153. The molecule has 0 radical (unpaired) electrons. The molecule has 5 heteroatoms. The van der Waals surface area contributed by atoms with Crippen LogP contribution in [-0.2, 0) is 9.53 Å². The summed E-state index contributed by atoms with van der Waals surface area (Å²) in [5.41, 5.74) is 2.61. The average Bonchev–Trinajstić information content (AvgIpc) is 2.56. The molecular weight excluding hydrogens is 290 g/mol. The van der Waals surface area contributed by atoms with Crippen molar-refractivity contribution < 1.29 is 9.53 Å². The molecule has 0 aliphatic heterocycles. The maximum atomic E-state index is 11.0. The average molecular weight is 319 g/mol. The van der Waals surface area contributed by atoms with Gasteiger partial charge in [0.05, 0.1) is 7.11 Å². The van der Waals surface area contributed by atoms with Crippen molar-refractivity contribution in [1.82, 2.24) is 10.6 Å². The molecule has 0 aromatic heterocycles. The molecular formula is C18H29N3O2. The summed E-state index contributed by atoms with van der Waals surface area (Å²) < 4.78 is 4.62. The zero-order chi connectivity index (χ0) is 17.1. The predicted molar refractivity (Wildman–Crippen MR) is 94.8 cm³/mol. The Kier molecular flexibility index (Phi) is 8.80. The van der Waals surface area contributed by atoms with Crippen molar-refractivity contribution in [2.45, 2.75) is 39.0 Å². The molecule has 1 aromatic carbocycles. The van der Waals surface area contributed by atoms with Crippen molar-refractivity contribution in [2.75, 3.05) is 27.2 Å². The maximum absolute atomic E-state index is 11.0. The predicted octanol–water partition coefficient (Wildman–Crippen LogP) is 2.61. The van der Waals surface area contributed by atoms with E-state index in [1.807, 2.05) is 0 Å². The van der Waals surface area contributed by atoms with Crippen molar-refractivity contribution in [3.63, 3.8) is 0 Å². The second-order valence-corrected chi connectivity index (χ2v) is 5.73. The first-order valence-corrected chi connectivity index (χ1v) is 8.14. The molecule has 0 aliphatic carbocycles. The van der Waals surface area contributed by atoms with Crippen LogP contribution in [0.5, 0.6) is 0 Å². The quantitative estimate of drug-likeness (QED) is 0.335. The molecule has 0 amide bonds. The Balaban J connectivity index is 2.27. The molecule has 128 valence electrons. The van der Waals surface area contributed by atoms with Crippen molar-refractivity contribution in [3.05, 3.63) is 35.4 Å². The Labute approximate surface area is 139 Å². The number of carbonyl (C=O) groups is 1. The Morgan fingerprint density at radius 1 is 1.30 bits per heavy atom. The maximum Gasteiger partial charge on any atom is 0.305 e. The SMILES string of the molecule is CN=C(NCCCCC(=O)OC)NCC(C)c1cccc(C)c1. The van der Waals surface area contributed by atoms with Crippen LogP contribution in [0.4, 0.5) is 0 Å². The van der Waals surface area contributed by atoms with E-state index in [1.54, 1.807) is 7.05 Å². The Bertz CT molecular complexity index is 515. The topological polar surface area (TPSA) is 62.7 Å². The highest BCUT2D eigenvalue weighted by atomic mass is 16.5. The van der Waals surface area contributed by atoms with Crippen molar-refractivity contribution in [3.8, 4) is 0 Å². The molecule has 1 rings (SSSR count). The van der Waals surface area contributed by atoms with Crippen LogP contribution in [0.15, 0.2) is 29.3 Å². The van der Waals surface area contributed by atoms with Crippen LogP contribution in [0.25, 0.3) is 0 Å². The van der Waals surface area contributed by atoms with Gasteiger partial charge < -0.3 is 15.4 Å². The van der Waals surface area contributed by atoms with Gasteiger partial charge in [0.1, 0.15) is 0 Å². The fourth-order valence-corrected chi connectivity index (χ4v) is 2.27. The summed E-state index contributed by atoms with van der Waals surface area (Å²) in [6.45, 7) is 5.92. The van der Waals surface area contributed by atoms with Crippen molar-refractivity contribution in [2.24, 2.45) is 4.99 Å². The lowest BCUT2D eigenvalue weighted by molar-refractivity contribution is -0.140. The number of benzene rings is 1. The summed E-state index contributed by atoms with van der Waals surface area (Å²) in [6, 6.07) is 8.58. The molecule has 1 aromatic rings. The number of rotatable bonds is 8. The number of methoxy groups -OCH3 is 1. The van der Waals surface area contributed by atoms with Gasteiger partial charge in [-0.1, -0.05) is 36.8 Å². The molecule has 0 spiro atoms. The van der Waals surface area contributed by atoms with E-state index in [0.29, 0.717) is 12.3 Å². The first kappa shape index (κ1) is 19.0. The zero-order valence-corrected chi connectivity index (χ0v) is 14.7. The first-order chi connectivity index (χ1) is 11.1. The third-order valence-electron chi connectivity index (χ3n) is 3.74. The molecule has 0 bridgehead atoms. The van der Waals surface area contributed by atoms with Gasteiger partial charge in [0, 0.05) is 26.6 Å². The number of hydrogen-bond donors (Lipinski definition) is 2. The molecule has 0 saturated carbocycles. The van der Waals surface area contributed by atoms with Gasteiger partial charge in [-0.15, -0.1) is 0 Å². The lowest BCUT2D eigenvalue weighted by atomic mass is 9.99. The van der Waals surface area contributed by atoms with Crippen LogP contribution >= 0.6 is 0 Å². The molecule has 0 aliphatic rings. The lowest BCUT2D eigenvalue weighted by Gasteiger charge is -2.16. The molecule has 5 nitrogen and oxygen atoms in total. The number of aliphatic imine (C=N–C) groups is 1. The van der Waals surface area contributed by atoms with Gasteiger partial charge in [0.25, 0.3) is 0 Å². The number of nitrogens with zero attached hydrogens (tertiary/aromatic N) is 1. The normalized spacial score (nSPS) is 12.6. The highest BCUT2D eigenvalue weighted by Gasteiger charge is 2.07. The number of hydrogen-bond acceptors (Lipinski definition) is 3. The summed E-state index contributed by atoms with van der Waals surface area (Å²) in [4.78, 5) is 15.2. The Morgan fingerprint density at radius 3 is 2.74 bits per heavy atom. The van der Waals surface area contributed by atoms with Gasteiger partial charge in [0.15, 0.2) is 5.96 Å². The Hall–Kier alpha value is -2.04. The second-order valence-electron chi connectivity index (χ2n) is 5.73. The number of esters is 1. The number of unbranched alkanes of at least 4 members (excludes halogenated alkanes) is 1. The molecule has 23 heavy (non-hydrogen) atoms. The van der Waals surface area contributed by atoms with E-state index in [9.17, 15) is 4.79 Å². The largest absolute Gasteiger partial charge is 0.469 e. The van der Waals surface area contributed by atoms with Gasteiger partial charge in [-0.2, -0.15) is 0 Å². The van der Waals surface area contributed by atoms with Gasteiger partial charge in [-0.05, 0) is 31.2 Å². The minimum Gasteiger partial charge on any atom is -0.469 e. The highest BCUT2D eigenvalue weighted by Crippen LogP contribution is 2.15. The fraction of sp³-hybridized carbons (Fsp3) is 0.556. The molecule has 1 unspecified atom stereocenters. The lowest BCUT2D eigenvalue weighted by Crippen LogP contribution is -2.39. The minimum atomic E-state index is -0.153. The smallest absolute Gasteiger partial charge is 0.305 e. The highest BCUT2D eigenvalue weighted by molar-refractivity contribution is 5.79. The van der Waals surface area contributed by atoms with E-state index < -0.39 is 0 Å². The van der Waals surface area contributed by atoms with E-state index in [0.717, 1.165) is 31.9 Å². The van der Waals surface area contributed by atoms with Gasteiger partial charge in [0.2, 0.25) is 0 Å². The molecule has 0 fully saturated rings. The van der Waals surface area contributed by atoms with Gasteiger partial charge >= 0.3 is 5.97 Å². The number of ether oxygens (including phenoxy) is 1. The zero-order valence-electron chi connectivity index (χ0n) is 14.7. The van der Waals surface area contributed by atoms with Crippen LogP contribution in [0.3, 0.4) is 0 Å². The number of aryl methyl sites for hydroxylation is 1. The van der Waals surface area contributed by atoms with Crippen molar-refractivity contribution >= 4 is 11.9 Å². The Morgan fingerprint density at radius 2 is 2.09 bits per heavy atom.